The van der Waals surface area contributed by atoms with E-state index in [9.17, 15) is 9.90 Å². The zero-order valence-corrected chi connectivity index (χ0v) is 20.8. The summed E-state index contributed by atoms with van der Waals surface area (Å²) in [5, 5.41) is 12.8. The summed E-state index contributed by atoms with van der Waals surface area (Å²) in [6.07, 6.45) is 6.54. The molecule has 0 aliphatic heterocycles. The average Bonchev–Trinajstić information content (AvgIpc) is 2.90. The summed E-state index contributed by atoms with van der Waals surface area (Å²) in [7, 11) is 7.66. The number of ether oxygens (including phenoxy) is 5. The molecule has 0 saturated heterocycles. The second-order valence-corrected chi connectivity index (χ2v) is 7.44. The highest BCUT2D eigenvalue weighted by atomic mass is 16.5. The number of hydrogen-bond acceptors (Lipinski definition) is 7. The Bertz CT molecular complexity index is 1260. The monoisotopic (exact) mass is 491 g/mol. The normalized spacial score (nSPS) is 10.9. The maximum absolute atomic E-state index is 12.8. The third kappa shape index (κ3) is 5.90. The predicted molar refractivity (Wildman–Crippen MR) is 140 cm³/mol. The van der Waals surface area contributed by atoms with Crippen LogP contribution in [0.25, 0.3) is 18.2 Å². The van der Waals surface area contributed by atoms with E-state index >= 15 is 0 Å². The lowest BCUT2D eigenvalue weighted by atomic mass is 10.1. The Morgan fingerprint density at radius 1 is 0.722 bits per heavy atom. The predicted octanol–water partition coefficient (Wildman–Crippen LogP) is 5.26. The number of rotatable bonds is 10. The molecule has 0 radical (unpaired) electrons. The van der Waals surface area contributed by atoms with E-state index in [4.69, 9.17) is 23.7 Å². The number of phenols is 1. The SMILES string of the molecule is COc1cc(/C=C/c2ccc(OC)c(OC)c2NC(=O)/C=C/c2ccccc2O)cc(OC)c1OC. The molecular formula is C28H29NO7. The van der Waals surface area contributed by atoms with Crippen molar-refractivity contribution in [1.29, 1.82) is 0 Å². The Morgan fingerprint density at radius 3 is 1.94 bits per heavy atom. The number of carbonyl (C=O) groups excluding carboxylic acids is 1. The van der Waals surface area contributed by atoms with Gasteiger partial charge in [0.1, 0.15) is 5.75 Å². The molecule has 0 aromatic heterocycles. The van der Waals surface area contributed by atoms with Gasteiger partial charge in [-0.05, 0) is 42.0 Å². The highest BCUT2D eigenvalue weighted by Gasteiger charge is 2.16. The van der Waals surface area contributed by atoms with Crippen LogP contribution in [0, 0.1) is 0 Å². The smallest absolute Gasteiger partial charge is 0.248 e. The fraction of sp³-hybridized carbons (Fsp3) is 0.179. The molecule has 0 unspecified atom stereocenters. The Balaban J connectivity index is 1.98. The van der Waals surface area contributed by atoms with Crippen molar-refractivity contribution in [3.05, 3.63) is 71.3 Å². The van der Waals surface area contributed by atoms with Crippen molar-refractivity contribution in [3.8, 4) is 34.5 Å². The second kappa shape index (κ2) is 12.2. The van der Waals surface area contributed by atoms with Crippen LogP contribution in [-0.4, -0.2) is 46.6 Å². The second-order valence-electron chi connectivity index (χ2n) is 7.44. The van der Waals surface area contributed by atoms with Crippen LogP contribution < -0.4 is 29.0 Å². The van der Waals surface area contributed by atoms with Crippen molar-refractivity contribution in [3.63, 3.8) is 0 Å². The van der Waals surface area contributed by atoms with E-state index in [-0.39, 0.29) is 5.75 Å². The maximum Gasteiger partial charge on any atom is 0.248 e. The first-order chi connectivity index (χ1) is 17.4. The first-order valence-electron chi connectivity index (χ1n) is 11.0. The van der Waals surface area contributed by atoms with Crippen molar-refractivity contribution in [2.24, 2.45) is 0 Å². The Labute approximate surface area is 210 Å². The zero-order valence-electron chi connectivity index (χ0n) is 20.8. The minimum Gasteiger partial charge on any atom is -0.507 e. The van der Waals surface area contributed by atoms with Crippen LogP contribution in [0.5, 0.6) is 34.5 Å². The molecule has 8 nitrogen and oxygen atoms in total. The van der Waals surface area contributed by atoms with Crippen molar-refractivity contribution in [2.75, 3.05) is 40.9 Å². The Hall–Kier alpha value is -4.59. The summed E-state index contributed by atoms with van der Waals surface area (Å²) in [6, 6.07) is 13.9. The number of amides is 1. The minimum atomic E-state index is -0.410. The highest BCUT2D eigenvalue weighted by molar-refractivity contribution is 6.05. The van der Waals surface area contributed by atoms with Gasteiger partial charge in [-0.25, -0.2) is 0 Å². The number of aromatic hydroxyl groups is 1. The number of anilines is 1. The maximum atomic E-state index is 12.8. The van der Waals surface area contributed by atoms with Crippen LogP contribution in [0.4, 0.5) is 5.69 Å². The molecule has 0 aliphatic rings. The van der Waals surface area contributed by atoms with Crippen molar-refractivity contribution < 1.29 is 33.6 Å². The molecule has 3 rings (SSSR count). The van der Waals surface area contributed by atoms with Crippen LogP contribution in [-0.2, 0) is 4.79 Å². The van der Waals surface area contributed by atoms with Crippen LogP contribution in [0.15, 0.2) is 54.6 Å². The van der Waals surface area contributed by atoms with Crippen LogP contribution in [0.3, 0.4) is 0 Å². The molecule has 2 N–H and O–H groups in total. The summed E-state index contributed by atoms with van der Waals surface area (Å²) < 4.78 is 27.2. The topological polar surface area (TPSA) is 95.5 Å². The zero-order chi connectivity index (χ0) is 26.1. The summed E-state index contributed by atoms with van der Waals surface area (Å²) >= 11 is 0. The lowest BCUT2D eigenvalue weighted by Gasteiger charge is -2.16. The number of nitrogens with one attached hydrogen (secondary N) is 1. The van der Waals surface area contributed by atoms with Gasteiger partial charge in [0.25, 0.3) is 0 Å². The molecule has 0 fully saturated rings. The summed E-state index contributed by atoms with van der Waals surface area (Å²) in [5.74, 6) is 2.03. The first-order valence-corrected chi connectivity index (χ1v) is 11.0. The largest absolute Gasteiger partial charge is 0.507 e. The number of hydrogen-bond donors (Lipinski definition) is 2. The molecule has 3 aromatic rings. The van der Waals surface area contributed by atoms with E-state index in [1.165, 1.54) is 26.4 Å². The van der Waals surface area contributed by atoms with E-state index in [1.54, 1.807) is 57.7 Å². The number of methoxy groups -OCH3 is 5. The van der Waals surface area contributed by atoms with Gasteiger partial charge in [-0.1, -0.05) is 30.4 Å². The van der Waals surface area contributed by atoms with Crippen molar-refractivity contribution >= 4 is 29.8 Å². The summed E-state index contributed by atoms with van der Waals surface area (Å²) in [6.45, 7) is 0. The fourth-order valence-electron chi connectivity index (χ4n) is 3.55. The molecule has 0 aliphatic carbocycles. The molecule has 0 atom stereocenters. The molecule has 8 heteroatoms. The molecule has 0 saturated carbocycles. The lowest BCUT2D eigenvalue weighted by molar-refractivity contribution is -0.111. The van der Waals surface area contributed by atoms with Crippen molar-refractivity contribution in [1.82, 2.24) is 0 Å². The summed E-state index contributed by atoms with van der Waals surface area (Å²) in [5.41, 5.74) is 2.40. The van der Waals surface area contributed by atoms with E-state index in [0.29, 0.717) is 45.6 Å². The van der Waals surface area contributed by atoms with Gasteiger partial charge < -0.3 is 34.1 Å². The highest BCUT2D eigenvalue weighted by Crippen LogP contribution is 2.41. The van der Waals surface area contributed by atoms with Gasteiger partial charge in [-0.3, -0.25) is 4.79 Å². The number of carbonyl (C=O) groups is 1. The van der Waals surface area contributed by atoms with Crippen LogP contribution >= 0.6 is 0 Å². The third-order valence-corrected chi connectivity index (χ3v) is 5.32. The van der Waals surface area contributed by atoms with Gasteiger partial charge in [0.2, 0.25) is 11.7 Å². The van der Waals surface area contributed by atoms with Crippen LogP contribution in [0.2, 0.25) is 0 Å². The third-order valence-electron chi connectivity index (χ3n) is 5.32. The molecule has 0 bridgehead atoms. The van der Waals surface area contributed by atoms with Gasteiger partial charge in [0, 0.05) is 17.2 Å². The first kappa shape index (κ1) is 26.0. The van der Waals surface area contributed by atoms with E-state index in [1.807, 2.05) is 24.3 Å². The van der Waals surface area contributed by atoms with Gasteiger partial charge in [0.15, 0.2) is 23.0 Å². The van der Waals surface area contributed by atoms with Gasteiger partial charge in [0.05, 0.1) is 41.2 Å². The molecule has 1 amide bonds. The Morgan fingerprint density at radius 2 is 1.36 bits per heavy atom. The Kier molecular flexibility index (Phi) is 8.83. The average molecular weight is 492 g/mol. The van der Waals surface area contributed by atoms with Crippen molar-refractivity contribution in [2.45, 2.75) is 0 Å². The molecule has 3 aromatic carbocycles. The van der Waals surface area contributed by atoms with Gasteiger partial charge >= 0.3 is 0 Å². The quantitative estimate of drug-likeness (QED) is 0.295. The van der Waals surface area contributed by atoms with Crippen LogP contribution in [0.1, 0.15) is 16.7 Å². The van der Waals surface area contributed by atoms with Gasteiger partial charge in [-0.15, -0.1) is 0 Å². The standard InChI is InChI=1S/C28H29NO7/c1-32-22-14-12-20(11-10-18-16-23(33-2)27(35-4)24(17-18)34-3)26(28(22)36-5)29-25(31)15-13-19-8-6-7-9-21(19)30/h6-17,30H,1-5H3,(H,29,31)/b11-10+,15-13+. The number of benzene rings is 3. The number of phenolic OH excluding ortho intramolecular Hbond substituents is 1. The van der Waals surface area contributed by atoms with E-state index in [2.05, 4.69) is 5.32 Å². The molecule has 0 heterocycles. The minimum absolute atomic E-state index is 0.0782. The molecule has 188 valence electrons. The molecular weight excluding hydrogens is 462 g/mol. The fourth-order valence-corrected chi connectivity index (χ4v) is 3.55. The van der Waals surface area contributed by atoms with E-state index in [0.717, 1.165) is 5.56 Å². The molecule has 36 heavy (non-hydrogen) atoms. The molecule has 0 spiro atoms. The summed E-state index contributed by atoms with van der Waals surface area (Å²) in [4.78, 5) is 12.8. The van der Waals surface area contributed by atoms with Gasteiger partial charge in [-0.2, -0.15) is 0 Å². The number of para-hydroxylation sites is 1. The van der Waals surface area contributed by atoms with E-state index < -0.39 is 5.91 Å². The lowest BCUT2D eigenvalue weighted by Crippen LogP contribution is -2.11.